The van der Waals surface area contributed by atoms with Gasteiger partial charge >= 0.3 is 5.69 Å². The molecule has 4 rings (SSSR count). The Labute approximate surface area is 186 Å². The fourth-order valence-electron chi connectivity index (χ4n) is 4.03. The average molecular weight is 434 g/mol. The van der Waals surface area contributed by atoms with Gasteiger partial charge in [0.1, 0.15) is 6.54 Å². The van der Waals surface area contributed by atoms with Crippen LogP contribution in [0.1, 0.15) is 39.8 Å². The maximum absolute atomic E-state index is 13.0. The van der Waals surface area contributed by atoms with E-state index in [0.717, 1.165) is 39.0 Å². The van der Waals surface area contributed by atoms with E-state index >= 15 is 0 Å². The third-order valence-electron chi connectivity index (χ3n) is 5.92. The highest BCUT2D eigenvalue weighted by atomic mass is 16.2. The van der Waals surface area contributed by atoms with E-state index in [2.05, 4.69) is 10.4 Å². The number of carbonyl (C=O) groups excluding carboxylic acids is 2. The van der Waals surface area contributed by atoms with E-state index in [9.17, 15) is 14.4 Å². The summed E-state index contributed by atoms with van der Waals surface area (Å²) in [6.07, 6.45) is 0.779. The zero-order valence-corrected chi connectivity index (χ0v) is 18.6. The van der Waals surface area contributed by atoms with Crippen LogP contribution in [-0.4, -0.2) is 37.6 Å². The SMILES string of the molecule is CCc1cccc(C)c1NC(=O)Cn1nc2n(c1=O)CCN(Cc1ccccc1C)C2=O. The Balaban J connectivity index is 1.52. The van der Waals surface area contributed by atoms with Crippen molar-refractivity contribution in [3.8, 4) is 0 Å². The number of aryl methyl sites for hydroxylation is 3. The molecule has 3 aromatic rings. The van der Waals surface area contributed by atoms with Crippen LogP contribution in [0.25, 0.3) is 0 Å². The molecule has 0 unspecified atom stereocenters. The number of benzene rings is 2. The number of para-hydroxylation sites is 1. The molecule has 0 saturated carbocycles. The normalized spacial score (nSPS) is 13.2. The van der Waals surface area contributed by atoms with Crippen molar-refractivity contribution in [1.82, 2.24) is 19.2 Å². The second-order valence-corrected chi connectivity index (χ2v) is 8.08. The van der Waals surface area contributed by atoms with Gasteiger partial charge in [0.25, 0.3) is 5.91 Å². The molecule has 8 heteroatoms. The molecule has 166 valence electrons. The van der Waals surface area contributed by atoms with Crippen LogP contribution in [0.15, 0.2) is 47.3 Å². The summed E-state index contributed by atoms with van der Waals surface area (Å²) in [7, 11) is 0. The van der Waals surface area contributed by atoms with E-state index in [1.165, 1.54) is 4.57 Å². The van der Waals surface area contributed by atoms with Crippen molar-refractivity contribution < 1.29 is 9.59 Å². The molecule has 0 aliphatic carbocycles. The van der Waals surface area contributed by atoms with Crippen LogP contribution in [0.2, 0.25) is 0 Å². The first kappa shape index (κ1) is 21.5. The maximum Gasteiger partial charge on any atom is 0.346 e. The number of aromatic nitrogens is 3. The first-order chi connectivity index (χ1) is 15.4. The summed E-state index contributed by atoms with van der Waals surface area (Å²) in [5.41, 5.74) is 4.46. The third-order valence-corrected chi connectivity index (χ3v) is 5.92. The summed E-state index contributed by atoms with van der Waals surface area (Å²) < 4.78 is 2.43. The molecule has 2 aromatic carbocycles. The van der Waals surface area contributed by atoms with Crippen LogP contribution in [-0.2, 0) is 30.8 Å². The summed E-state index contributed by atoms with van der Waals surface area (Å²) in [5.74, 6) is -0.577. The first-order valence-corrected chi connectivity index (χ1v) is 10.8. The molecule has 0 bridgehead atoms. The smallest absolute Gasteiger partial charge is 0.330 e. The van der Waals surface area contributed by atoms with Crippen LogP contribution in [0.3, 0.4) is 0 Å². The van der Waals surface area contributed by atoms with Gasteiger partial charge in [-0.05, 0) is 42.5 Å². The molecule has 2 amide bonds. The fraction of sp³-hybridized carbons (Fsp3) is 0.333. The number of hydrogen-bond acceptors (Lipinski definition) is 4. The number of anilines is 1. The molecule has 0 radical (unpaired) electrons. The molecule has 1 N–H and O–H groups in total. The summed E-state index contributed by atoms with van der Waals surface area (Å²) in [4.78, 5) is 40.1. The number of nitrogens with zero attached hydrogens (tertiary/aromatic N) is 4. The Morgan fingerprint density at radius 1 is 1.00 bits per heavy atom. The molecule has 8 nitrogen and oxygen atoms in total. The number of amides is 2. The number of carbonyl (C=O) groups is 2. The second kappa shape index (κ2) is 8.82. The van der Waals surface area contributed by atoms with Crippen LogP contribution in [0.5, 0.6) is 0 Å². The van der Waals surface area contributed by atoms with Gasteiger partial charge in [-0.15, -0.1) is 5.10 Å². The predicted molar refractivity (Wildman–Crippen MR) is 122 cm³/mol. The van der Waals surface area contributed by atoms with Crippen molar-refractivity contribution in [2.45, 2.75) is 46.8 Å². The number of nitrogens with one attached hydrogen (secondary N) is 1. The van der Waals surface area contributed by atoms with Crippen LogP contribution < -0.4 is 11.0 Å². The molecule has 0 fully saturated rings. The molecule has 0 spiro atoms. The van der Waals surface area contributed by atoms with Gasteiger partial charge in [0, 0.05) is 25.3 Å². The van der Waals surface area contributed by atoms with E-state index in [1.807, 2.05) is 63.2 Å². The molecular formula is C24H27N5O3. The number of rotatable bonds is 6. The van der Waals surface area contributed by atoms with Crippen LogP contribution >= 0.6 is 0 Å². The van der Waals surface area contributed by atoms with Gasteiger partial charge < -0.3 is 10.2 Å². The maximum atomic E-state index is 13.0. The van der Waals surface area contributed by atoms with Crippen molar-refractivity contribution >= 4 is 17.5 Å². The Hall–Kier alpha value is -3.68. The van der Waals surface area contributed by atoms with E-state index in [4.69, 9.17) is 0 Å². The number of fused-ring (bicyclic) bond motifs is 1. The zero-order chi connectivity index (χ0) is 22.8. The van der Waals surface area contributed by atoms with Crippen LogP contribution in [0.4, 0.5) is 5.69 Å². The van der Waals surface area contributed by atoms with Crippen molar-refractivity contribution in [1.29, 1.82) is 0 Å². The lowest BCUT2D eigenvalue weighted by Crippen LogP contribution is -2.42. The summed E-state index contributed by atoms with van der Waals surface area (Å²) >= 11 is 0. The molecule has 0 atom stereocenters. The van der Waals surface area contributed by atoms with Crippen molar-refractivity contribution in [3.05, 3.63) is 81.0 Å². The highest BCUT2D eigenvalue weighted by Crippen LogP contribution is 2.21. The minimum absolute atomic E-state index is 0.0766. The van der Waals surface area contributed by atoms with E-state index in [0.29, 0.717) is 19.6 Å². The fourth-order valence-corrected chi connectivity index (χ4v) is 4.03. The molecule has 1 aliphatic rings. The van der Waals surface area contributed by atoms with Gasteiger partial charge in [-0.2, -0.15) is 0 Å². The van der Waals surface area contributed by atoms with E-state index in [1.54, 1.807) is 4.90 Å². The summed E-state index contributed by atoms with van der Waals surface area (Å²) in [5, 5.41) is 7.11. The lowest BCUT2D eigenvalue weighted by atomic mass is 10.1. The van der Waals surface area contributed by atoms with Crippen molar-refractivity contribution in [2.75, 3.05) is 11.9 Å². The Bertz CT molecular complexity index is 1240. The summed E-state index contributed by atoms with van der Waals surface area (Å²) in [6.45, 7) is 6.93. The number of hydrogen-bond donors (Lipinski definition) is 1. The molecule has 32 heavy (non-hydrogen) atoms. The second-order valence-electron chi connectivity index (χ2n) is 8.08. The molecule has 0 saturated heterocycles. The minimum atomic E-state index is -0.445. The van der Waals surface area contributed by atoms with Crippen LogP contribution in [0, 0.1) is 13.8 Å². The first-order valence-electron chi connectivity index (χ1n) is 10.8. The molecule has 1 aromatic heterocycles. The average Bonchev–Trinajstić information content (AvgIpc) is 3.09. The van der Waals surface area contributed by atoms with Crippen molar-refractivity contribution in [3.63, 3.8) is 0 Å². The van der Waals surface area contributed by atoms with Gasteiger partial charge in [-0.3, -0.25) is 14.2 Å². The van der Waals surface area contributed by atoms with Gasteiger partial charge in [0.15, 0.2) is 0 Å². The lowest BCUT2D eigenvalue weighted by Gasteiger charge is -2.27. The predicted octanol–water partition coefficient (Wildman–Crippen LogP) is 2.52. The van der Waals surface area contributed by atoms with Gasteiger partial charge in [0.2, 0.25) is 11.7 Å². The largest absolute Gasteiger partial charge is 0.346 e. The van der Waals surface area contributed by atoms with Crippen molar-refractivity contribution in [2.24, 2.45) is 0 Å². The topological polar surface area (TPSA) is 89.2 Å². The standard InChI is InChI=1S/C24H27N5O3/c1-4-18-11-7-9-17(3)21(18)25-20(30)15-29-24(32)28-13-12-27(23(31)22(28)26-29)14-19-10-6-5-8-16(19)2/h5-11H,4,12-15H2,1-3H3,(H,25,30). The zero-order valence-electron chi connectivity index (χ0n) is 18.6. The highest BCUT2D eigenvalue weighted by molar-refractivity contribution is 5.93. The van der Waals surface area contributed by atoms with E-state index in [-0.39, 0.29) is 24.2 Å². The lowest BCUT2D eigenvalue weighted by molar-refractivity contribution is -0.117. The van der Waals surface area contributed by atoms with Gasteiger partial charge in [-0.1, -0.05) is 49.4 Å². The van der Waals surface area contributed by atoms with Gasteiger partial charge in [0.05, 0.1) is 0 Å². The Morgan fingerprint density at radius 3 is 2.47 bits per heavy atom. The quantitative estimate of drug-likeness (QED) is 0.647. The third kappa shape index (κ3) is 4.08. The molecule has 1 aliphatic heterocycles. The molecule has 2 heterocycles. The Kier molecular flexibility index (Phi) is 5.94. The summed E-state index contributed by atoms with van der Waals surface area (Å²) in [6, 6.07) is 13.7. The van der Waals surface area contributed by atoms with E-state index < -0.39 is 5.69 Å². The monoisotopic (exact) mass is 433 g/mol. The molecular weight excluding hydrogens is 406 g/mol. The minimum Gasteiger partial charge on any atom is -0.330 e. The highest BCUT2D eigenvalue weighted by Gasteiger charge is 2.30. The Morgan fingerprint density at radius 2 is 1.72 bits per heavy atom. The van der Waals surface area contributed by atoms with Gasteiger partial charge in [-0.25, -0.2) is 9.48 Å².